The van der Waals surface area contributed by atoms with Crippen LogP contribution in [0.15, 0.2) is 53.3 Å². The predicted molar refractivity (Wildman–Crippen MR) is 107 cm³/mol. The number of hydrogen-bond donors (Lipinski definition) is 4. The monoisotopic (exact) mass is 394 g/mol. The molecule has 3 aromatic rings. The van der Waals surface area contributed by atoms with Gasteiger partial charge in [-0.1, -0.05) is 23.7 Å². The Hall–Kier alpha value is -3.67. The van der Waals surface area contributed by atoms with Crippen molar-refractivity contribution in [3.05, 3.63) is 69.5 Å². The average Bonchev–Trinajstić information content (AvgIpc) is 2.70. The molecule has 0 atom stereocenters. The predicted octanol–water partition coefficient (Wildman–Crippen LogP) is 2.60. The molecule has 1 amide bonds. The summed E-state index contributed by atoms with van der Waals surface area (Å²) in [5, 5.41) is 15.5. The quantitative estimate of drug-likeness (QED) is 0.525. The third-order valence-electron chi connectivity index (χ3n) is 3.77. The summed E-state index contributed by atoms with van der Waals surface area (Å²) in [6.07, 6.45) is 0. The second-order valence-corrected chi connectivity index (χ2v) is 6.15. The van der Waals surface area contributed by atoms with Crippen molar-refractivity contribution in [2.75, 3.05) is 17.2 Å². The summed E-state index contributed by atoms with van der Waals surface area (Å²) in [7, 11) is 0. The number of nitriles is 1. The molecule has 3 rings (SSSR count). The number of rotatable bonds is 5. The van der Waals surface area contributed by atoms with Gasteiger partial charge in [-0.15, -0.1) is 0 Å². The summed E-state index contributed by atoms with van der Waals surface area (Å²) < 4.78 is 0. The molecule has 28 heavy (non-hydrogen) atoms. The van der Waals surface area contributed by atoms with Crippen LogP contribution in [0.3, 0.4) is 0 Å². The van der Waals surface area contributed by atoms with Crippen molar-refractivity contribution in [2.24, 2.45) is 5.73 Å². The van der Waals surface area contributed by atoms with Gasteiger partial charge in [-0.3, -0.25) is 14.6 Å². The molecule has 0 radical (unpaired) electrons. The molecule has 0 spiro atoms. The standard InChI is InChI=1S/C19H15ClN6O2/c20-12-3-7-14(8-4-12)24-19-25-17(15(9-21)18(28)26-19)11-1-5-13(6-2-11)23-16(27)10-22/h1-8H,10,22H2,(H,23,27)(H2,24,25,26,28). The van der Waals surface area contributed by atoms with Crippen LogP contribution in [0.5, 0.6) is 0 Å². The Morgan fingerprint density at radius 1 is 1.14 bits per heavy atom. The fraction of sp³-hybridized carbons (Fsp3) is 0.0526. The number of anilines is 3. The van der Waals surface area contributed by atoms with Crippen molar-refractivity contribution in [1.29, 1.82) is 5.26 Å². The molecule has 9 heteroatoms. The van der Waals surface area contributed by atoms with Crippen LogP contribution in [0.4, 0.5) is 17.3 Å². The van der Waals surface area contributed by atoms with E-state index in [2.05, 4.69) is 20.6 Å². The summed E-state index contributed by atoms with van der Waals surface area (Å²) in [4.78, 5) is 30.6. The zero-order valence-corrected chi connectivity index (χ0v) is 15.2. The highest BCUT2D eigenvalue weighted by atomic mass is 35.5. The van der Waals surface area contributed by atoms with Crippen molar-refractivity contribution in [2.45, 2.75) is 0 Å². The number of aromatic nitrogens is 2. The number of benzene rings is 2. The van der Waals surface area contributed by atoms with Crippen molar-refractivity contribution in [1.82, 2.24) is 9.97 Å². The fourth-order valence-electron chi connectivity index (χ4n) is 2.44. The lowest BCUT2D eigenvalue weighted by atomic mass is 10.1. The Bertz CT molecular complexity index is 1100. The van der Waals surface area contributed by atoms with Crippen LogP contribution in [0.25, 0.3) is 11.3 Å². The fourth-order valence-corrected chi connectivity index (χ4v) is 2.56. The third-order valence-corrected chi connectivity index (χ3v) is 4.02. The van der Waals surface area contributed by atoms with Crippen molar-refractivity contribution >= 4 is 34.8 Å². The number of nitrogens with zero attached hydrogens (tertiary/aromatic N) is 2. The highest BCUT2D eigenvalue weighted by Gasteiger charge is 2.14. The highest BCUT2D eigenvalue weighted by molar-refractivity contribution is 6.30. The molecular weight excluding hydrogens is 380 g/mol. The van der Waals surface area contributed by atoms with Crippen molar-refractivity contribution in [3.8, 4) is 17.3 Å². The number of carbonyl (C=O) groups is 1. The molecule has 1 aromatic heterocycles. The van der Waals surface area contributed by atoms with E-state index < -0.39 is 5.56 Å². The lowest BCUT2D eigenvalue weighted by Crippen LogP contribution is -2.21. The summed E-state index contributed by atoms with van der Waals surface area (Å²) in [5.74, 6) is -0.143. The van der Waals surface area contributed by atoms with Gasteiger partial charge in [0.2, 0.25) is 11.9 Å². The van der Waals surface area contributed by atoms with Gasteiger partial charge in [0.05, 0.1) is 12.2 Å². The van der Waals surface area contributed by atoms with Crippen LogP contribution in [0.2, 0.25) is 5.02 Å². The van der Waals surface area contributed by atoms with E-state index in [4.69, 9.17) is 17.3 Å². The molecule has 0 aliphatic carbocycles. The van der Waals surface area contributed by atoms with E-state index in [1.165, 1.54) is 0 Å². The summed E-state index contributed by atoms with van der Waals surface area (Å²) in [6.45, 7) is -0.129. The first-order valence-corrected chi connectivity index (χ1v) is 8.55. The van der Waals surface area contributed by atoms with Crippen molar-refractivity contribution < 1.29 is 4.79 Å². The van der Waals surface area contributed by atoms with E-state index in [0.29, 0.717) is 22.0 Å². The van der Waals surface area contributed by atoms with E-state index in [-0.39, 0.29) is 29.7 Å². The van der Waals surface area contributed by atoms with Crippen LogP contribution in [-0.2, 0) is 4.79 Å². The van der Waals surface area contributed by atoms with Crippen LogP contribution in [-0.4, -0.2) is 22.4 Å². The first kappa shape index (κ1) is 19.1. The maximum atomic E-state index is 12.3. The molecule has 0 aliphatic heterocycles. The van der Waals surface area contributed by atoms with E-state index >= 15 is 0 Å². The molecule has 0 fully saturated rings. The third kappa shape index (κ3) is 4.35. The number of aromatic amines is 1. The van der Waals surface area contributed by atoms with E-state index in [1.807, 2.05) is 6.07 Å². The number of amides is 1. The maximum absolute atomic E-state index is 12.3. The SMILES string of the molecule is N#Cc1c(-c2ccc(NC(=O)CN)cc2)nc(Nc2ccc(Cl)cc2)[nH]c1=O. The lowest BCUT2D eigenvalue weighted by molar-refractivity contribution is -0.114. The van der Waals surface area contributed by atoms with Crippen molar-refractivity contribution in [3.63, 3.8) is 0 Å². The van der Waals surface area contributed by atoms with Gasteiger partial charge in [0.15, 0.2) is 0 Å². The number of nitrogens with two attached hydrogens (primary N) is 1. The Morgan fingerprint density at radius 3 is 2.39 bits per heavy atom. The number of hydrogen-bond acceptors (Lipinski definition) is 6. The van der Waals surface area contributed by atoms with Gasteiger partial charge in [0, 0.05) is 22.0 Å². The first-order chi connectivity index (χ1) is 13.5. The Balaban J connectivity index is 1.96. The van der Waals surface area contributed by atoms with Gasteiger partial charge in [-0.05, 0) is 36.4 Å². The smallest absolute Gasteiger partial charge is 0.270 e. The number of carbonyl (C=O) groups excluding carboxylic acids is 1. The minimum Gasteiger partial charge on any atom is -0.326 e. The highest BCUT2D eigenvalue weighted by Crippen LogP contribution is 2.23. The molecule has 140 valence electrons. The summed E-state index contributed by atoms with van der Waals surface area (Å²) in [5.41, 5.74) is 6.58. The maximum Gasteiger partial charge on any atom is 0.270 e. The summed E-state index contributed by atoms with van der Waals surface area (Å²) in [6, 6.07) is 15.3. The normalized spacial score (nSPS) is 10.2. The molecule has 0 aliphatic rings. The second kappa shape index (κ2) is 8.35. The van der Waals surface area contributed by atoms with Gasteiger partial charge >= 0.3 is 0 Å². The lowest BCUT2D eigenvalue weighted by Gasteiger charge is -2.10. The van der Waals surface area contributed by atoms with Crippen LogP contribution in [0.1, 0.15) is 5.56 Å². The molecule has 1 heterocycles. The second-order valence-electron chi connectivity index (χ2n) is 5.71. The van der Waals surface area contributed by atoms with E-state index in [0.717, 1.165) is 0 Å². The Labute approximate surface area is 165 Å². The van der Waals surface area contributed by atoms with Gasteiger partial charge in [-0.2, -0.15) is 5.26 Å². The minimum absolute atomic E-state index is 0.111. The van der Waals surface area contributed by atoms with Crippen LogP contribution >= 0.6 is 11.6 Å². The van der Waals surface area contributed by atoms with Crippen LogP contribution < -0.4 is 21.9 Å². The molecule has 0 bridgehead atoms. The minimum atomic E-state index is -0.565. The van der Waals surface area contributed by atoms with Crippen LogP contribution in [0, 0.1) is 11.3 Å². The van der Waals surface area contributed by atoms with Gasteiger partial charge in [0.25, 0.3) is 5.56 Å². The average molecular weight is 395 g/mol. The Morgan fingerprint density at radius 2 is 1.79 bits per heavy atom. The summed E-state index contributed by atoms with van der Waals surface area (Å²) >= 11 is 5.87. The zero-order valence-electron chi connectivity index (χ0n) is 14.5. The molecule has 2 aromatic carbocycles. The van der Waals surface area contributed by atoms with Gasteiger partial charge < -0.3 is 16.4 Å². The van der Waals surface area contributed by atoms with E-state index in [1.54, 1.807) is 48.5 Å². The molecule has 0 unspecified atom stereocenters. The van der Waals surface area contributed by atoms with E-state index in [9.17, 15) is 14.9 Å². The largest absolute Gasteiger partial charge is 0.326 e. The topological polar surface area (TPSA) is 137 Å². The number of H-pyrrole nitrogens is 1. The molecule has 5 N–H and O–H groups in total. The molecular formula is C19H15ClN6O2. The van der Waals surface area contributed by atoms with Gasteiger partial charge in [0.1, 0.15) is 11.6 Å². The Kier molecular flexibility index (Phi) is 5.69. The zero-order chi connectivity index (χ0) is 20.1. The molecule has 8 nitrogen and oxygen atoms in total. The molecule has 0 saturated heterocycles. The number of nitrogens with one attached hydrogen (secondary N) is 3. The van der Waals surface area contributed by atoms with Gasteiger partial charge in [-0.25, -0.2) is 4.98 Å². The molecule has 0 saturated carbocycles. The first-order valence-electron chi connectivity index (χ1n) is 8.17. The number of halogens is 1.